The molecule has 0 aromatic carbocycles. The van der Waals surface area contributed by atoms with Gasteiger partial charge in [0.25, 0.3) is 5.91 Å². The fourth-order valence-corrected chi connectivity index (χ4v) is 0.448. The summed E-state index contributed by atoms with van der Waals surface area (Å²) in [6.07, 6.45) is 0. The second kappa shape index (κ2) is 5.23. The fraction of sp³-hybridized carbons (Fsp3) is 0.500. The molecular formula is C6H9N3O2. The maximum Gasteiger partial charge on any atom is 0.284 e. The number of nitrogens with one attached hydrogen (secondary N) is 1. The highest BCUT2D eigenvalue weighted by atomic mass is 16.6. The summed E-state index contributed by atoms with van der Waals surface area (Å²) in [5.74, 6) is -0.517. The van der Waals surface area contributed by atoms with Crippen LogP contribution < -0.4 is 5.32 Å². The van der Waals surface area contributed by atoms with Gasteiger partial charge < -0.3 is 10.2 Å². The Hall–Kier alpha value is -1.57. The van der Waals surface area contributed by atoms with Crippen molar-refractivity contribution in [1.29, 1.82) is 5.26 Å². The third-order valence-corrected chi connectivity index (χ3v) is 0.841. The van der Waals surface area contributed by atoms with Crippen molar-refractivity contribution in [2.24, 2.45) is 5.16 Å². The summed E-state index contributed by atoms with van der Waals surface area (Å²) in [6, 6.07) is 1.60. The highest BCUT2D eigenvalue weighted by Crippen LogP contribution is 1.78. The van der Waals surface area contributed by atoms with Gasteiger partial charge in [-0.15, -0.1) is 0 Å². The summed E-state index contributed by atoms with van der Waals surface area (Å²) < 4.78 is 0. The topological polar surface area (TPSA) is 74.5 Å². The van der Waals surface area contributed by atoms with Gasteiger partial charge in [-0.3, -0.25) is 4.79 Å². The lowest BCUT2D eigenvalue weighted by molar-refractivity contribution is -0.114. The minimum Gasteiger partial charge on any atom is -0.398 e. The molecule has 0 atom stereocenters. The quantitative estimate of drug-likeness (QED) is 0.447. The Kier molecular flexibility index (Phi) is 4.49. The molecule has 11 heavy (non-hydrogen) atoms. The Balaban J connectivity index is 4.18. The fourth-order valence-electron chi connectivity index (χ4n) is 0.448. The first kappa shape index (κ1) is 9.43. The van der Waals surface area contributed by atoms with Crippen molar-refractivity contribution in [3.63, 3.8) is 0 Å². The van der Waals surface area contributed by atoms with Crippen molar-refractivity contribution >= 4 is 11.6 Å². The average Bonchev–Trinajstić information content (AvgIpc) is 2.00. The molecule has 0 unspecified atom stereocenters. The van der Waals surface area contributed by atoms with E-state index in [0.717, 1.165) is 0 Å². The molecule has 0 fully saturated rings. The third kappa shape index (κ3) is 3.20. The van der Waals surface area contributed by atoms with E-state index >= 15 is 0 Å². The first-order valence-corrected chi connectivity index (χ1v) is 3.05. The van der Waals surface area contributed by atoms with Crippen LogP contribution >= 0.6 is 0 Å². The van der Waals surface area contributed by atoms with E-state index in [2.05, 4.69) is 15.3 Å². The molecule has 0 spiro atoms. The molecule has 5 nitrogen and oxygen atoms in total. The molecule has 1 amide bonds. The Bertz CT molecular complexity index is 204. The second-order valence-corrected chi connectivity index (χ2v) is 1.59. The first-order valence-electron chi connectivity index (χ1n) is 3.05. The van der Waals surface area contributed by atoms with E-state index in [-0.39, 0.29) is 5.71 Å². The SMILES string of the molecule is CCNC(=O)C(C#N)=NOC. The zero-order chi connectivity index (χ0) is 8.69. The van der Waals surface area contributed by atoms with Crippen LogP contribution in [0, 0.1) is 11.3 Å². The molecular weight excluding hydrogens is 146 g/mol. The van der Waals surface area contributed by atoms with Crippen LogP contribution in [0.15, 0.2) is 5.16 Å². The number of hydrogen-bond acceptors (Lipinski definition) is 4. The van der Waals surface area contributed by atoms with Crippen LogP contribution in [0.25, 0.3) is 0 Å². The van der Waals surface area contributed by atoms with Crippen LogP contribution in [-0.2, 0) is 9.63 Å². The van der Waals surface area contributed by atoms with Gasteiger partial charge in [-0.25, -0.2) is 0 Å². The zero-order valence-corrected chi connectivity index (χ0v) is 6.42. The maximum absolute atomic E-state index is 10.8. The largest absolute Gasteiger partial charge is 0.398 e. The molecule has 0 aliphatic rings. The molecule has 0 aliphatic carbocycles. The maximum atomic E-state index is 10.8. The monoisotopic (exact) mass is 155 g/mol. The van der Waals surface area contributed by atoms with E-state index in [4.69, 9.17) is 5.26 Å². The van der Waals surface area contributed by atoms with Gasteiger partial charge in [0.15, 0.2) is 0 Å². The summed E-state index contributed by atoms with van der Waals surface area (Å²) in [5.41, 5.74) is -0.269. The van der Waals surface area contributed by atoms with E-state index in [0.29, 0.717) is 6.54 Å². The summed E-state index contributed by atoms with van der Waals surface area (Å²) in [4.78, 5) is 15.1. The molecule has 0 saturated heterocycles. The number of rotatable bonds is 3. The van der Waals surface area contributed by atoms with Crippen LogP contribution in [0.3, 0.4) is 0 Å². The summed E-state index contributed by atoms with van der Waals surface area (Å²) in [7, 11) is 1.27. The molecule has 0 bridgehead atoms. The van der Waals surface area contributed by atoms with Crippen molar-refractivity contribution in [1.82, 2.24) is 5.32 Å². The van der Waals surface area contributed by atoms with Crippen LogP contribution in [0.1, 0.15) is 6.92 Å². The summed E-state index contributed by atoms with van der Waals surface area (Å²) in [5, 5.41) is 13.9. The Labute approximate surface area is 64.6 Å². The van der Waals surface area contributed by atoms with E-state index in [9.17, 15) is 4.79 Å². The van der Waals surface area contributed by atoms with Crippen molar-refractivity contribution in [2.75, 3.05) is 13.7 Å². The van der Waals surface area contributed by atoms with Gasteiger partial charge >= 0.3 is 0 Å². The van der Waals surface area contributed by atoms with Crippen LogP contribution in [-0.4, -0.2) is 25.3 Å². The smallest absolute Gasteiger partial charge is 0.284 e. The predicted molar refractivity (Wildman–Crippen MR) is 38.7 cm³/mol. The average molecular weight is 155 g/mol. The van der Waals surface area contributed by atoms with E-state index in [1.807, 2.05) is 0 Å². The number of carbonyl (C=O) groups excluding carboxylic acids is 1. The first-order chi connectivity index (χ1) is 5.26. The minimum absolute atomic E-state index is 0.269. The van der Waals surface area contributed by atoms with E-state index < -0.39 is 5.91 Å². The number of amides is 1. The highest BCUT2D eigenvalue weighted by molar-refractivity contribution is 6.44. The molecule has 60 valence electrons. The van der Waals surface area contributed by atoms with Gasteiger partial charge in [0.2, 0.25) is 5.71 Å². The van der Waals surface area contributed by atoms with E-state index in [1.54, 1.807) is 13.0 Å². The van der Waals surface area contributed by atoms with E-state index in [1.165, 1.54) is 7.11 Å². The summed E-state index contributed by atoms with van der Waals surface area (Å²) >= 11 is 0. The number of nitrogens with zero attached hydrogens (tertiary/aromatic N) is 2. The Morgan fingerprint density at radius 1 is 1.82 bits per heavy atom. The standard InChI is InChI=1S/C6H9N3O2/c1-3-8-6(10)5(4-7)9-11-2/h3H2,1-2H3,(H,8,10). The molecule has 5 heteroatoms. The Morgan fingerprint density at radius 3 is 2.82 bits per heavy atom. The molecule has 0 radical (unpaired) electrons. The number of carbonyl (C=O) groups is 1. The Morgan fingerprint density at radius 2 is 2.45 bits per heavy atom. The summed E-state index contributed by atoms with van der Waals surface area (Å²) in [6.45, 7) is 2.21. The lowest BCUT2D eigenvalue weighted by atomic mass is 10.4. The lowest BCUT2D eigenvalue weighted by Gasteiger charge is -1.96. The molecule has 0 rings (SSSR count). The van der Waals surface area contributed by atoms with Gasteiger partial charge in [-0.05, 0) is 6.92 Å². The molecule has 0 heterocycles. The predicted octanol–water partition coefficient (Wildman–Crippen LogP) is -0.352. The normalized spacial score (nSPS) is 10.1. The molecule has 1 N–H and O–H groups in total. The van der Waals surface area contributed by atoms with Gasteiger partial charge in [0.05, 0.1) is 0 Å². The molecule has 0 aromatic rings. The molecule has 0 saturated carbocycles. The van der Waals surface area contributed by atoms with Crippen molar-refractivity contribution in [2.45, 2.75) is 6.92 Å². The highest BCUT2D eigenvalue weighted by Gasteiger charge is 2.08. The van der Waals surface area contributed by atoms with Gasteiger partial charge in [-0.1, -0.05) is 5.16 Å². The molecule has 0 aliphatic heterocycles. The zero-order valence-electron chi connectivity index (χ0n) is 6.42. The van der Waals surface area contributed by atoms with Crippen molar-refractivity contribution in [3.8, 4) is 6.07 Å². The van der Waals surface area contributed by atoms with Crippen LogP contribution in [0.5, 0.6) is 0 Å². The van der Waals surface area contributed by atoms with Crippen LogP contribution in [0.4, 0.5) is 0 Å². The second-order valence-electron chi connectivity index (χ2n) is 1.59. The number of oxime groups is 1. The minimum atomic E-state index is -0.517. The molecule has 0 aromatic heterocycles. The van der Waals surface area contributed by atoms with Gasteiger partial charge in [0.1, 0.15) is 13.2 Å². The lowest BCUT2D eigenvalue weighted by Crippen LogP contribution is -2.29. The third-order valence-electron chi connectivity index (χ3n) is 0.841. The number of hydrogen-bond donors (Lipinski definition) is 1. The van der Waals surface area contributed by atoms with Crippen molar-refractivity contribution in [3.05, 3.63) is 0 Å². The number of nitriles is 1. The van der Waals surface area contributed by atoms with Gasteiger partial charge in [-0.2, -0.15) is 5.26 Å². The van der Waals surface area contributed by atoms with Crippen LogP contribution in [0.2, 0.25) is 0 Å². The van der Waals surface area contributed by atoms with Crippen molar-refractivity contribution < 1.29 is 9.63 Å². The van der Waals surface area contributed by atoms with Gasteiger partial charge in [0, 0.05) is 6.54 Å².